The van der Waals surface area contributed by atoms with E-state index >= 15 is 0 Å². The molecule has 1 N–H and O–H groups in total. The van der Waals surface area contributed by atoms with Gasteiger partial charge in [-0.25, -0.2) is 19.2 Å². The van der Waals surface area contributed by atoms with E-state index < -0.39 is 49.0 Å². The lowest BCUT2D eigenvalue weighted by molar-refractivity contribution is -0.140. The van der Waals surface area contributed by atoms with Crippen LogP contribution < -0.4 is 0 Å². The summed E-state index contributed by atoms with van der Waals surface area (Å²) < 4.78 is 37.9. The number of hydrogen-bond acceptors (Lipinski definition) is 11. The second kappa shape index (κ2) is 37.6. The Bertz CT molecular complexity index is 1100. The van der Waals surface area contributed by atoms with Gasteiger partial charge < -0.3 is 38.3 Å². The van der Waals surface area contributed by atoms with Gasteiger partial charge >= 0.3 is 24.6 Å². The molecule has 12 heteroatoms. The van der Waals surface area contributed by atoms with Gasteiger partial charge in [0, 0.05) is 12.8 Å². The van der Waals surface area contributed by atoms with Crippen LogP contribution in [0.15, 0.2) is 0 Å². The second-order valence-electron chi connectivity index (χ2n) is 18.7. The van der Waals surface area contributed by atoms with Crippen molar-refractivity contribution in [2.75, 3.05) is 19.8 Å². The Morgan fingerprint density at radius 1 is 0.361 bits per heavy atom. The van der Waals surface area contributed by atoms with Crippen molar-refractivity contribution in [3.05, 3.63) is 0 Å². The number of rotatable bonds is 37. The lowest BCUT2D eigenvalue weighted by atomic mass is 9.89. The Kier molecular flexibility index (Phi) is 34.6. The van der Waals surface area contributed by atoms with Crippen LogP contribution in [0.2, 0.25) is 0 Å². The second-order valence-corrected chi connectivity index (χ2v) is 18.7. The highest BCUT2D eigenvalue weighted by atomic mass is 16.8. The third-order valence-corrected chi connectivity index (χ3v) is 11.4. The molecule has 1 aliphatic rings. The zero-order valence-corrected chi connectivity index (χ0v) is 39.6. The van der Waals surface area contributed by atoms with Gasteiger partial charge in [-0.1, -0.05) is 196 Å². The molecule has 0 saturated heterocycles. The molecule has 1 fully saturated rings. The molecular weight excluding hydrogens is 781 g/mol. The maximum Gasteiger partial charge on any atom is 0.508 e. The number of unbranched alkanes of at least 4 members (excludes halogenated alkanes) is 21. The van der Waals surface area contributed by atoms with E-state index in [2.05, 4.69) is 41.5 Å². The Morgan fingerprint density at radius 3 is 0.803 bits per heavy atom. The van der Waals surface area contributed by atoms with Crippen molar-refractivity contribution in [3.8, 4) is 0 Å². The maximum atomic E-state index is 12.9. The summed E-state index contributed by atoms with van der Waals surface area (Å²) in [5, 5.41) is 9.51. The first-order valence-electron chi connectivity index (χ1n) is 24.8. The van der Waals surface area contributed by atoms with Crippen molar-refractivity contribution in [3.63, 3.8) is 0 Å². The number of carbonyl (C=O) groups excluding carboxylic acids is 3. The topological polar surface area (TPSA) is 153 Å². The lowest BCUT2D eigenvalue weighted by Gasteiger charge is -2.37. The number of ether oxygens (including phenoxy) is 7. The van der Waals surface area contributed by atoms with Crippen LogP contribution in [-0.4, -0.2) is 74.0 Å². The number of hydrogen-bond donors (Lipinski definition) is 1. The van der Waals surface area contributed by atoms with Gasteiger partial charge in [-0.05, 0) is 37.0 Å². The van der Waals surface area contributed by atoms with Gasteiger partial charge in [-0.3, -0.25) is 0 Å². The van der Waals surface area contributed by atoms with E-state index in [1.807, 2.05) is 0 Å². The third-order valence-electron chi connectivity index (χ3n) is 11.4. The Balaban J connectivity index is 2.64. The van der Waals surface area contributed by atoms with Crippen LogP contribution in [0.25, 0.3) is 0 Å². The molecule has 0 amide bonds. The summed E-state index contributed by atoms with van der Waals surface area (Å²) >= 11 is 0. The first-order valence-corrected chi connectivity index (χ1v) is 24.8. The smallest absolute Gasteiger partial charge is 0.450 e. The number of carboxylic acid groups (broad SMARTS) is 1. The largest absolute Gasteiger partial charge is 0.508 e. The van der Waals surface area contributed by atoms with Gasteiger partial charge in [0.05, 0.1) is 19.8 Å². The molecule has 0 aromatic rings. The van der Waals surface area contributed by atoms with Crippen LogP contribution in [0.4, 0.5) is 19.2 Å². The molecule has 0 heterocycles. The van der Waals surface area contributed by atoms with Crippen LogP contribution >= 0.6 is 0 Å². The quantitative estimate of drug-likeness (QED) is 0.0359. The fraction of sp³-hybridized carbons (Fsp3) is 0.918. The summed E-state index contributed by atoms with van der Waals surface area (Å²) in [6, 6.07) is 0. The molecule has 61 heavy (non-hydrogen) atoms. The molecule has 0 bridgehead atoms. The molecule has 1 rings (SSSR count). The Morgan fingerprint density at radius 2 is 0.574 bits per heavy atom. The van der Waals surface area contributed by atoms with Crippen LogP contribution in [0.1, 0.15) is 228 Å². The SMILES string of the molecule is CC(C)CCCCCCCCCCOC(=O)OC1CC(OC(=O)OCCCCCCCCCCC(C)C)C(OC(=O)OCCCCCCCCCCC(C)C)CC1OC(=O)O. The Hall–Kier alpha value is -2.92. The van der Waals surface area contributed by atoms with Crippen molar-refractivity contribution in [2.24, 2.45) is 17.8 Å². The van der Waals surface area contributed by atoms with E-state index in [0.29, 0.717) is 19.3 Å². The van der Waals surface area contributed by atoms with Gasteiger partial charge in [-0.15, -0.1) is 0 Å². The zero-order valence-electron chi connectivity index (χ0n) is 39.6. The third kappa shape index (κ3) is 34.3. The molecule has 0 radical (unpaired) electrons. The number of carbonyl (C=O) groups is 4. The molecule has 4 unspecified atom stereocenters. The first kappa shape index (κ1) is 56.1. The fourth-order valence-electron chi connectivity index (χ4n) is 7.78. The van der Waals surface area contributed by atoms with E-state index in [1.165, 1.54) is 96.3 Å². The minimum Gasteiger partial charge on any atom is -0.450 e. The molecule has 1 aliphatic carbocycles. The molecule has 4 atom stereocenters. The lowest BCUT2D eigenvalue weighted by Crippen LogP contribution is -2.51. The molecule has 0 spiro atoms. The highest BCUT2D eigenvalue weighted by Gasteiger charge is 2.46. The van der Waals surface area contributed by atoms with Crippen molar-refractivity contribution in [1.29, 1.82) is 0 Å². The van der Waals surface area contributed by atoms with E-state index in [9.17, 15) is 24.3 Å². The summed E-state index contributed by atoms with van der Waals surface area (Å²) in [4.78, 5) is 50.2. The molecule has 1 saturated carbocycles. The van der Waals surface area contributed by atoms with Gasteiger partial charge in [-0.2, -0.15) is 0 Å². The van der Waals surface area contributed by atoms with Crippen molar-refractivity contribution in [1.82, 2.24) is 0 Å². The van der Waals surface area contributed by atoms with Crippen LogP contribution in [0, 0.1) is 17.8 Å². The standard InChI is InChI=1S/C49H90O12/c1-39(2)31-25-19-13-7-10-16-22-28-34-55-47(52)59-43-38-45(61-49(54)57-36-30-24-18-12-9-15-21-27-33-41(5)6)44(37-42(43)58-46(50)51)60-48(53)56-35-29-23-17-11-8-14-20-26-32-40(3)4/h39-45H,7-38H2,1-6H3,(H,50,51). The van der Waals surface area contributed by atoms with Gasteiger partial charge in [0.25, 0.3) is 0 Å². The summed E-state index contributed by atoms with van der Waals surface area (Å²) in [6.45, 7) is 14.0. The van der Waals surface area contributed by atoms with Crippen molar-refractivity contribution < 1.29 is 57.4 Å². The average molecular weight is 871 g/mol. The molecule has 12 nitrogen and oxygen atoms in total. The summed E-state index contributed by atoms with van der Waals surface area (Å²) in [6.07, 6.45) is 20.6. The molecule has 0 aromatic carbocycles. The van der Waals surface area contributed by atoms with E-state index in [-0.39, 0.29) is 32.7 Å². The maximum absolute atomic E-state index is 12.9. The summed E-state index contributed by atoms with van der Waals surface area (Å²) in [5.74, 6) is 2.26. The predicted molar refractivity (Wildman–Crippen MR) is 240 cm³/mol. The fourth-order valence-corrected chi connectivity index (χ4v) is 7.78. The van der Waals surface area contributed by atoms with E-state index in [4.69, 9.17) is 33.2 Å². The monoisotopic (exact) mass is 871 g/mol. The highest BCUT2D eigenvalue weighted by molar-refractivity contribution is 5.62. The van der Waals surface area contributed by atoms with Crippen LogP contribution in [-0.2, 0) is 33.2 Å². The average Bonchev–Trinajstić information content (AvgIpc) is 3.19. The van der Waals surface area contributed by atoms with Gasteiger partial charge in [0.15, 0.2) is 0 Å². The first-order chi connectivity index (χ1) is 29.4. The zero-order chi connectivity index (χ0) is 44.9. The van der Waals surface area contributed by atoms with Crippen molar-refractivity contribution >= 4 is 24.6 Å². The summed E-state index contributed by atoms with van der Waals surface area (Å²) in [5.41, 5.74) is 0. The van der Waals surface area contributed by atoms with Crippen LogP contribution in [0.5, 0.6) is 0 Å². The van der Waals surface area contributed by atoms with Crippen LogP contribution in [0.3, 0.4) is 0 Å². The predicted octanol–water partition coefficient (Wildman–Crippen LogP) is 14.9. The minimum atomic E-state index is -1.59. The Labute approximate surface area is 370 Å². The van der Waals surface area contributed by atoms with E-state index in [1.54, 1.807) is 0 Å². The minimum absolute atomic E-state index is 0.158. The van der Waals surface area contributed by atoms with Gasteiger partial charge in [0.1, 0.15) is 24.4 Å². The molecule has 358 valence electrons. The highest BCUT2D eigenvalue weighted by Crippen LogP contribution is 2.30. The van der Waals surface area contributed by atoms with E-state index in [0.717, 1.165) is 75.5 Å². The van der Waals surface area contributed by atoms with Crippen molar-refractivity contribution in [2.45, 2.75) is 252 Å². The molecule has 0 aromatic heterocycles. The molecular formula is C49H90O12. The normalized spacial score (nSPS) is 17.7. The molecule has 0 aliphatic heterocycles. The summed E-state index contributed by atoms with van der Waals surface area (Å²) in [7, 11) is 0. The van der Waals surface area contributed by atoms with Gasteiger partial charge in [0.2, 0.25) is 0 Å².